The number of aromatic hydroxyl groups is 1. The fourth-order valence-electron chi connectivity index (χ4n) is 5.06. The molecular weight excluding hydrogens is 708 g/mol. The largest absolute Gasteiger partial charge is 0.502 e. The van der Waals surface area contributed by atoms with Gasteiger partial charge in [-0.3, -0.25) is 29.8 Å². The number of amides is 2. The lowest BCUT2D eigenvalue weighted by Gasteiger charge is -2.33. The number of carbonyl (C=O) groups is 4. The van der Waals surface area contributed by atoms with Crippen molar-refractivity contribution in [3.8, 4) is 17.2 Å². The number of anilines is 1. The lowest BCUT2D eigenvalue weighted by atomic mass is 10.0. The minimum Gasteiger partial charge on any atom is -0.502 e. The van der Waals surface area contributed by atoms with Crippen LogP contribution in [0.1, 0.15) is 54.4 Å². The number of rotatable bonds is 13. The summed E-state index contributed by atoms with van der Waals surface area (Å²) in [6.45, 7) is 0.584. The van der Waals surface area contributed by atoms with E-state index in [0.29, 0.717) is 32.6 Å². The van der Waals surface area contributed by atoms with E-state index in [9.17, 15) is 29.6 Å². The Labute approximate surface area is 303 Å². The molecule has 2 heterocycles. The molecule has 2 saturated heterocycles. The summed E-state index contributed by atoms with van der Waals surface area (Å²) >= 11 is 0. The second-order valence-corrected chi connectivity index (χ2v) is 11.4. The molecule has 2 aromatic carbocycles. The van der Waals surface area contributed by atoms with Crippen molar-refractivity contribution in [1.82, 2.24) is 4.90 Å². The number of phenols is 1. The van der Waals surface area contributed by atoms with Crippen molar-refractivity contribution in [3.63, 3.8) is 0 Å². The number of aliphatic hydroxyl groups is 2. The normalized spacial score (nSPS) is 17.9. The third-order valence-corrected chi connectivity index (χ3v) is 7.48. The van der Waals surface area contributed by atoms with Crippen LogP contribution in [0.5, 0.6) is 17.2 Å². The van der Waals surface area contributed by atoms with E-state index in [-0.39, 0.29) is 66.9 Å². The molecule has 0 bridgehead atoms. The highest BCUT2D eigenvalue weighted by atomic mass is 16.6. The Balaban J connectivity index is 0.000000759. The molecule has 2 fully saturated rings. The summed E-state index contributed by atoms with van der Waals surface area (Å²) in [4.78, 5) is 62.5. The van der Waals surface area contributed by atoms with E-state index in [0.717, 1.165) is 25.0 Å². The monoisotopic (exact) mass is 752 g/mol. The molecule has 3 atom stereocenters. The van der Waals surface area contributed by atoms with E-state index in [2.05, 4.69) is 10.5 Å². The van der Waals surface area contributed by atoms with Crippen LogP contribution < -0.4 is 14.8 Å². The molecule has 20 heteroatoms. The van der Waals surface area contributed by atoms with Crippen LogP contribution in [-0.2, 0) is 30.5 Å². The number of hydrogen-bond acceptors (Lipinski definition) is 15. The standard InChI is InChI=1S/C27H32N4O11.C5H10O3.CH2O2/c1-39-23-13-19(26(35)30-10-4-3-6-18(30)15-28-40-2)20(14-24(23)41-11-5-7-25(33)34)29-27(36)42-16-17-8-9-22(32)21(12-17)31(37)38;6-4-1-5(7)3-8-2-4;2-1-3/h8-9,12-15,18,32H,3-7,10-11,16H2,1-2H3,(H,29,36)(H,33,34);4-7H,1-3H2;1H,(H,2,3)/b28-15-;;. The smallest absolute Gasteiger partial charge is 0.411 e. The van der Waals surface area contributed by atoms with Crippen LogP contribution in [0.4, 0.5) is 16.2 Å². The van der Waals surface area contributed by atoms with Gasteiger partial charge in [0.2, 0.25) is 0 Å². The van der Waals surface area contributed by atoms with Gasteiger partial charge in [-0.1, -0.05) is 11.2 Å². The zero-order valence-corrected chi connectivity index (χ0v) is 29.1. The van der Waals surface area contributed by atoms with Gasteiger partial charge in [-0.25, -0.2) is 4.79 Å². The highest BCUT2D eigenvalue weighted by Gasteiger charge is 2.30. The Kier molecular flexibility index (Phi) is 18.8. The number of ether oxygens (including phenoxy) is 4. The Morgan fingerprint density at radius 1 is 1.11 bits per heavy atom. The topological polar surface area (TPSA) is 286 Å². The number of hydrogen-bond donors (Lipinski definition) is 6. The Bertz CT molecular complexity index is 1550. The molecule has 2 aromatic rings. The SMILES string of the molecule is CO/N=C\C1CCCCN1C(=O)c1cc(OC)c(OCCCC(=O)O)cc1NC(=O)OCc1ccc(O)c([N+](=O)[O-])c1.O=CO.OC1COCC(O)C1. The number of aliphatic hydroxyl groups excluding tert-OH is 2. The van der Waals surface area contributed by atoms with Gasteiger partial charge in [-0.15, -0.1) is 0 Å². The minimum atomic E-state index is -0.983. The van der Waals surface area contributed by atoms with E-state index in [1.54, 1.807) is 4.90 Å². The summed E-state index contributed by atoms with van der Waals surface area (Å²) in [6, 6.07) is 5.99. The van der Waals surface area contributed by atoms with Gasteiger partial charge in [-0.2, -0.15) is 0 Å². The van der Waals surface area contributed by atoms with Crippen molar-refractivity contribution in [2.75, 3.05) is 45.9 Å². The maximum absolute atomic E-state index is 13.8. The molecule has 53 heavy (non-hydrogen) atoms. The molecule has 2 amide bonds. The number of nitrogens with zero attached hydrogens (tertiary/aromatic N) is 3. The first-order valence-corrected chi connectivity index (χ1v) is 16.2. The first-order valence-electron chi connectivity index (χ1n) is 16.2. The molecule has 0 saturated carbocycles. The molecule has 2 aliphatic heterocycles. The quantitative estimate of drug-likeness (QED) is 0.0564. The number of nitrogens with one attached hydrogen (secondary N) is 1. The number of phenolic OH excluding ortho intramolecular Hbond substituents is 1. The van der Waals surface area contributed by atoms with Crippen LogP contribution in [-0.4, -0.2) is 125 Å². The highest BCUT2D eigenvalue weighted by molar-refractivity contribution is 6.04. The fourth-order valence-corrected chi connectivity index (χ4v) is 5.06. The molecule has 0 radical (unpaired) electrons. The number of benzene rings is 2. The molecule has 0 spiro atoms. The molecule has 0 aromatic heterocycles. The average Bonchev–Trinajstić information content (AvgIpc) is 3.12. The molecule has 3 unspecified atom stereocenters. The van der Waals surface area contributed by atoms with Crippen LogP contribution in [0.2, 0.25) is 0 Å². The second kappa shape index (κ2) is 23.0. The van der Waals surface area contributed by atoms with Gasteiger partial charge in [0, 0.05) is 31.5 Å². The van der Waals surface area contributed by atoms with Crippen LogP contribution in [0, 0.1) is 10.1 Å². The Hall–Kier alpha value is -5.73. The van der Waals surface area contributed by atoms with E-state index in [1.807, 2.05) is 0 Å². The van der Waals surface area contributed by atoms with Crippen LogP contribution in [0.25, 0.3) is 0 Å². The number of carbonyl (C=O) groups excluding carboxylic acids is 2. The molecule has 0 aliphatic carbocycles. The van der Waals surface area contributed by atoms with E-state index in [1.165, 1.54) is 38.6 Å². The maximum Gasteiger partial charge on any atom is 0.411 e. The lowest BCUT2D eigenvalue weighted by Crippen LogP contribution is -2.45. The van der Waals surface area contributed by atoms with Crippen molar-refractivity contribution >= 4 is 42.0 Å². The van der Waals surface area contributed by atoms with Gasteiger partial charge in [-0.05, 0) is 43.4 Å². The van der Waals surface area contributed by atoms with Crippen LogP contribution >= 0.6 is 0 Å². The Morgan fingerprint density at radius 3 is 2.40 bits per heavy atom. The third kappa shape index (κ3) is 14.8. The molecule has 20 nitrogen and oxygen atoms in total. The average molecular weight is 753 g/mol. The number of likely N-dealkylation sites (tertiary alicyclic amines) is 1. The first kappa shape index (κ1) is 43.4. The minimum absolute atomic E-state index is 0.0289. The summed E-state index contributed by atoms with van der Waals surface area (Å²) in [5.41, 5.74) is -0.197. The first-order chi connectivity index (χ1) is 25.3. The van der Waals surface area contributed by atoms with E-state index >= 15 is 0 Å². The molecule has 6 N–H and O–H groups in total. The zero-order chi connectivity index (χ0) is 39.3. The van der Waals surface area contributed by atoms with Crippen molar-refractivity contribution in [1.29, 1.82) is 0 Å². The van der Waals surface area contributed by atoms with Gasteiger partial charge in [0.25, 0.3) is 12.4 Å². The Morgan fingerprint density at radius 2 is 1.81 bits per heavy atom. The third-order valence-electron chi connectivity index (χ3n) is 7.48. The van der Waals surface area contributed by atoms with Crippen LogP contribution in [0.15, 0.2) is 35.5 Å². The number of nitro groups is 1. The predicted octanol–water partition coefficient (Wildman–Crippen LogP) is 2.76. The number of carboxylic acids is 1. The number of methoxy groups -OCH3 is 1. The van der Waals surface area contributed by atoms with E-state index in [4.69, 9.17) is 49.0 Å². The number of nitro benzene ring substituents is 1. The van der Waals surface area contributed by atoms with Crippen molar-refractivity contribution < 1.29 is 73.4 Å². The lowest BCUT2D eigenvalue weighted by molar-refractivity contribution is -0.385. The van der Waals surface area contributed by atoms with Crippen LogP contribution in [0.3, 0.4) is 0 Å². The number of piperidine rings is 1. The van der Waals surface area contributed by atoms with Gasteiger partial charge < -0.3 is 54.2 Å². The summed E-state index contributed by atoms with van der Waals surface area (Å²) in [5.74, 6) is -1.61. The van der Waals surface area contributed by atoms with Gasteiger partial charge in [0.1, 0.15) is 13.7 Å². The molecule has 292 valence electrons. The summed E-state index contributed by atoms with van der Waals surface area (Å²) in [6.07, 6.45) is 2.48. The maximum atomic E-state index is 13.8. The zero-order valence-electron chi connectivity index (χ0n) is 29.1. The molecular formula is C33H44N4O16. The van der Waals surface area contributed by atoms with Crippen molar-refractivity contribution in [2.24, 2.45) is 5.16 Å². The summed E-state index contributed by atoms with van der Waals surface area (Å²) < 4.78 is 21.1. The number of aliphatic carboxylic acids is 1. The van der Waals surface area contributed by atoms with Gasteiger partial charge in [0.05, 0.1) is 67.6 Å². The highest BCUT2D eigenvalue weighted by Crippen LogP contribution is 2.36. The van der Waals surface area contributed by atoms with Crippen molar-refractivity contribution in [3.05, 3.63) is 51.6 Å². The number of carboxylic acid groups (broad SMARTS) is 2. The number of oxime groups is 1. The summed E-state index contributed by atoms with van der Waals surface area (Å²) in [7, 11) is 2.77. The fraction of sp³-hybridized carbons (Fsp3) is 0.485. The molecule has 4 rings (SSSR count). The predicted molar refractivity (Wildman–Crippen MR) is 184 cm³/mol. The van der Waals surface area contributed by atoms with Crippen molar-refractivity contribution in [2.45, 2.75) is 63.4 Å². The van der Waals surface area contributed by atoms with E-state index < -0.39 is 46.5 Å². The van der Waals surface area contributed by atoms with Gasteiger partial charge >= 0.3 is 17.7 Å². The van der Waals surface area contributed by atoms with Gasteiger partial charge in [0.15, 0.2) is 17.2 Å². The second-order valence-electron chi connectivity index (χ2n) is 11.4. The summed E-state index contributed by atoms with van der Waals surface area (Å²) in [5, 5.41) is 60.5. The molecule has 2 aliphatic rings.